The summed E-state index contributed by atoms with van der Waals surface area (Å²) in [6.45, 7) is 7.97. The van der Waals surface area contributed by atoms with Crippen molar-refractivity contribution in [3.8, 4) is 0 Å². The zero-order valence-corrected chi connectivity index (χ0v) is 11.4. The van der Waals surface area contributed by atoms with Gasteiger partial charge in [0.1, 0.15) is 11.7 Å². The summed E-state index contributed by atoms with van der Waals surface area (Å²) in [6, 6.07) is -0.589. The number of carbonyl (C=O) groups excluding carboxylic acids is 2. The van der Waals surface area contributed by atoms with Crippen LogP contribution in [0.1, 0.15) is 27.7 Å². The predicted molar refractivity (Wildman–Crippen MR) is 66.2 cm³/mol. The number of morpholine rings is 1. The highest BCUT2D eigenvalue weighted by atomic mass is 16.6. The van der Waals surface area contributed by atoms with Gasteiger partial charge in [-0.25, -0.2) is 4.79 Å². The largest absolute Gasteiger partial charge is 0.444 e. The van der Waals surface area contributed by atoms with Gasteiger partial charge in [-0.1, -0.05) is 0 Å². The van der Waals surface area contributed by atoms with Crippen molar-refractivity contribution in [2.75, 3.05) is 19.7 Å². The number of carbonyl (C=O) groups is 2. The molecular weight excluding hydrogens is 236 g/mol. The summed E-state index contributed by atoms with van der Waals surface area (Å²) >= 11 is 0. The molecule has 1 heterocycles. The zero-order chi connectivity index (χ0) is 13.9. The average molecular weight is 258 g/mol. The van der Waals surface area contributed by atoms with Crippen molar-refractivity contribution in [1.82, 2.24) is 4.90 Å². The van der Waals surface area contributed by atoms with E-state index < -0.39 is 23.8 Å². The van der Waals surface area contributed by atoms with Crippen LogP contribution in [-0.2, 0) is 14.3 Å². The van der Waals surface area contributed by atoms with Crippen molar-refractivity contribution in [2.24, 2.45) is 5.73 Å². The molecule has 1 amide bonds. The topological polar surface area (TPSA) is 81.9 Å². The first-order valence-electron chi connectivity index (χ1n) is 6.09. The first kappa shape index (κ1) is 14.9. The Morgan fingerprint density at radius 3 is 2.56 bits per heavy atom. The molecule has 1 aliphatic rings. The second-order valence-electron chi connectivity index (χ2n) is 5.48. The van der Waals surface area contributed by atoms with E-state index >= 15 is 0 Å². The summed E-state index contributed by atoms with van der Waals surface area (Å²) in [5.74, 6) is -0.191. The van der Waals surface area contributed by atoms with Gasteiger partial charge in [0.25, 0.3) is 0 Å². The molecule has 0 saturated carbocycles. The number of hydrogen-bond acceptors (Lipinski definition) is 5. The summed E-state index contributed by atoms with van der Waals surface area (Å²) in [7, 11) is 0. The standard InChI is InChI=1S/C12H22N2O4/c1-8(13)10(15)9-7-14(5-6-17-9)11(16)18-12(2,3)4/h8-9H,5-7,13H2,1-4H3. The van der Waals surface area contributed by atoms with Crippen LogP contribution >= 0.6 is 0 Å². The van der Waals surface area contributed by atoms with Crippen LogP contribution in [0, 0.1) is 0 Å². The molecule has 0 bridgehead atoms. The van der Waals surface area contributed by atoms with Crippen molar-refractivity contribution in [1.29, 1.82) is 0 Å². The van der Waals surface area contributed by atoms with E-state index in [9.17, 15) is 9.59 Å². The Morgan fingerprint density at radius 1 is 1.44 bits per heavy atom. The summed E-state index contributed by atoms with van der Waals surface area (Å²) in [5.41, 5.74) is 4.98. The van der Waals surface area contributed by atoms with Crippen molar-refractivity contribution >= 4 is 11.9 Å². The number of nitrogens with zero attached hydrogens (tertiary/aromatic N) is 1. The Bertz CT molecular complexity index is 323. The summed E-state index contributed by atoms with van der Waals surface area (Å²) < 4.78 is 10.6. The van der Waals surface area contributed by atoms with Gasteiger partial charge in [0.05, 0.1) is 19.2 Å². The minimum absolute atomic E-state index is 0.191. The lowest BCUT2D eigenvalue weighted by Gasteiger charge is -2.34. The smallest absolute Gasteiger partial charge is 0.410 e. The van der Waals surface area contributed by atoms with Gasteiger partial charge in [-0.05, 0) is 27.7 Å². The molecule has 2 unspecified atom stereocenters. The number of nitrogens with two attached hydrogens (primary N) is 1. The van der Waals surface area contributed by atoms with Crippen LogP contribution < -0.4 is 5.73 Å². The lowest BCUT2D eigenvalue weighted by molar-refractivity contribution is -0.136. The molecule has 1 fully saturated rings. The molecule has 6 heteroatoms. The fourth-order valence-corrected chi connectivity index (χ4v) is 1.61. The molecule has 0 aliphatic carbocycles. The van der Waals surface area contributed by atoms with Gasteiger partial charge in [-0.15, -0.1) is 0 Å². The van der Waals surface area contributed by atoms with Crippen LogP contribution in [0.3, 0.4) is 0 Å². The lowest BCUT2D eigenvalue weighted by Crippen LogP contribution is -2.52. The van der Waals surface area contributed by atoms with Crippen molar-refractivity contribution in [3.63, 3.8) is 0 Å². The minimum Gasteiger partial charge on any atom is -0.444 e. The first-order chi connectivity index (χ1) is 8.20. The van der Waals surface area contributed by atoms with Crippen LogP contribution in [0.25, 0.3) is 0 Å². The van der Waals surface area contributed by atoms with Crippen LogP contribution in [-0.4, -0.2) is 54.2 Å². The maximum Gasteiger partial charge on any atom is 0.410 e. The second-order valence-corrected chi connectivity index (χ2v) is 5.48. The third kappa shape index (κ3) is 4.27. The van der Waals surface area contributed by atoms with E-state index in [1.54, 1.807) is 27.7 Å². The molecule has 0 radical (unpaired) electrons. The summed E-state index contributed by atoms with van der Waals surface area (Å²) in [4.78, 5) is 25.1. The van der Waals surface area contributed by atoms with Crippen LogP contribution in [0.15, 0.2) is 0 Å². The summed E-state index contributed by atoms with van der Waals surface area (Å²) in [6.07, 6.45) is -1.07. The molecular formula is C12H22N2O4. The van der Waals surface area contributed by atoms with E-state index in [0.29, 0.717) is 13.2 Å². The average Bonchev–Trinajstić information content (AvgIpc) is 2.25. The minimum atomic E-state index is -0.647. The fourth-order valence-electron chi connectivity index (χ4n) is 1.61. The molecule has 2 N–H and O–H groups in total. The van der Waals surface area contributed by atoms with Crippen LogP contribution in [0.4, 0.5) is 4.79 Å². The van der Waals surface area contributed by atoms with E-state index in [-0.39, 0.29) is 12.3 Å². The third-order valence-corrected chi connectivity index (χ3v) is 2.48. The van der Waals surface area contributed by atoms with Gasteiger partial charge in [-0.2, -0.15) is 0 Å². The number of Topliss-reactive ketones (excluding diaryl/α,β-unsaturated/α-hetero) is 1. The molecule has 0 aromatic rings. The molecule has 6 nitrogen and oxygen atoms in total. The highest BCUT2D eigenvalue weighted by molar-refractivity contribution is 5.88. The molecule has 1 aliphatic heterocycles. The van der Waals surface area contributed by atoms with Gasteiger partial charge in [0.2, 0.25) is 0 Å². The van der Waals surface area contributed by atoms with Crippen molar-refractivity contribution in [2.45, 2.75) is 45.4 Å². The molecule has 2 atom stereocenters. The SMILES string of the molecule is CC(N)C(=O)C1CN(C(=O)OC(C)(C)C)CCO1. The van der Waals surface area contributed by atoms with E-state index in [0.717, 1.165) is 0 Å². The van der Waals surface area contributed by atoms with Gasteiger partial charge in [0.15, 0.2) is 5.78 Å². The van der Waals surface area contributed by atoms with Crippen LogP contribution in [0.5, 0.6) is 0 Å². The second kappa shape index (κ2) is 5.67. The van der Waals surface area contributed by atoms with Gasteiger partial charge >= 0.3 is 6.09 Å². The van der Waals surface area contributed by atoms with Gasteiger partial charge in [-0.3, -0.25) is 4.79 Å². The monoisotopic (exact) mass is 258 g/mol. The van der Waals surface area contributed by atoms with Crippen LogP contribution in [0.2, 0.25) is 0 Å². The number of ether oxygens (including phenoxy) is 2. The van der Waals surface area contributed by atoms with E-state index in [2.05, 4.69) is 0 Å². The molecule has 0 aromatic heterocycles. The maximum absolute atomic E-state index is 11.9. The first-order valence-corrected chi connectivity index (χ1v) is 6.09. The summed E-state index contributed by atoms with van der Waals surface area (Å²) in [5, 5.41) is 0. The van der Waals surface area contributed by atoms with Gasteiger partial charge in [0, 0.05) is 6.54 Å². The Morgan fingerprint density at radius 2 is 2.06 bits per heavy atom. The van der Waals surface area contributed by atoms with Crippen molar-refractivity contribution < 1.29 is 19.1 Å². The van der Waals surface area contributed by atoms with E-state index in [1.807, 2.05) is 0 Å². The van der Waals surface area contributed by atoms with Gasteiger partial charge < -0.3 is 20.1 Å². The highest BCUT2D eigenvalue weighted by Crippen LogP contribution is 2.13. The Balaban J connectivity index is 2.59. The molecule has 1 rings (SSSR count). The number of ketones is 1. The highest BCUT2D eigenvalue weighted by Gasteiger charge is 2.32. The number of rotatable bonds is 2. The van der Waals surface area contributed by atoms with E-state index in [1.165, 1.54) is 4.90 Å². The lowest BCUT2D eigenvalue weighted by atomic mass is 10.1. The fraction of sp³-hybridized carbons (Fsp3) is 0.833. The maximum atomic E-state index is 11.9. The van der Waals surface area contributed by atoms with E-state index in [4.69, 9.17) is 15.2 Å². The predicted octanol–water partition coefficient (Wildman–Crippen LogP) is 0.539. The molecule has 104 valence electrons. The van der Waals surface area contributed by atoms with Crippen molar-refractivity contribution in [3.05, 3.63) is 0 Å². The Labute approximate surface area is 107 Å². The molecule has 0 spiro atoms. The normalized spacial score (nSPS) is 22.5. The number of amides is 1. The zero-order valence-electron chi connectivity index (χ0n) is 11.4. The molecule has 18 heavy (non-hydrogen) atoms. The number of hydrogen-bond donors (Lipinski definition) is 1. The molecule has 1 saturated heterocycles. The Kier molecular flexibility index (Phi) is 4.70. The quantitative estimate of drug-likeness (QED) is 0.781. The molecule has 0 aromatic carbocycles. The Hall–Kier alpha value is -1.14. The third-order valence-electron chi connectivity index (χ3n) is 2.48.